The van der Waals surface area contributed by atoms with Crippen molar-refractivity contribution in [2.45, 2.75) is 13.5 Å². The molecule has 0 unspecified atom stereocenters. The highest BCUT2D eigenvalue weighted by Crippen LogP contribution is 2.22. The molecule has 22 heavy (non-hydrogen) atoms. The summed E-state index contributed by atoms with van der Waals surface area (Å²) in [6, 6.07) is 10.6. The molecule has 1 aromatic heterocycles. The predicted molar refractivity (Wildman–Crippen MR) is 96.4 cm³/mol. The molecule has 1 fully saturated rings. The third-order valence-corrected chi connectivity index (χ3v) is 4.65. The van der Waals surface area contributed by atoms with Crippen molar-refractivity contribution in [3.63, 3.8) is 0 Å². The van der Waals surface area contributed by atoms with Crippen LogP contribution in [0.5, 0.6) is 0 Å². The van der Waals surface area contributed by atoms with Gasteiger partial charge in [0, 0.05) is 45.0 Å². The summed E-state index contributed by atoms with van der Waals surface area (Å²) in [6.45, 7) is 6.57. The highest BCUT2D eigenvalue weighted by molar-refractivity contribution is 8.93. The maximum absolute atomic E-state index is 11.3. The first-order valence-corrected chi connectivity index (χ1v) is 8.08. The van der Waals surface area contributed by atoms with Gasteiger partial charge in [-0.05, 0) is 5.56 Å². The summed E-state index contributed by atoms with van der Waals surface area (Å²) in [6.07, 6.45) is 0. The Labute approximate surface area is 145 Å². The van der Waals surface area contributed by atoms with E-state index in [0.717, 1.165) is 37.9 Å². The van der Waals surface area contributed by atoms with E-state index in [9.17, 15) is 4.79 Å². The number of Topliss-reactive ketones (excluding diaryl/α,β-unsaturated/α-hetero) is 1. The van der Waals surface area contributed by atoms with E-state index in [1.807, 2.05) is 5.38 Å². The lowest BCUT2D eigenvalue weighted by Gasteiger charge is -2.34. The molecule has 2 aromatic rings. The van der Waals surface area contributed by atoms with Crippen LogP contribution in [-0.2, 0) is 6.54 Å². The number of anilines is 1. The van der Waals surface area contributed by atoms with Gasteiger partial charge in [0.1, 0.15) is 5.69 Å². The Morgan fingerprint density at radius 1 is 1.18 bits per heavy atom. The monoisotopic (exact) mass is 381 g/mol. The quantitative estimate of drug-likeness (QED) is 0.761. The normalized spacial score (nSPS) is 15.4. The molecule has 3 rings (SSSR count). The minimum atomic E-state index is 0. The fourth-order valence-electron chi connectivity index (χ4n) is 2.51. The second kappa shape index (κ2) is 7.85. The fourth-order valence-corrected chi connectivity index (χ4v) is 3.43. The van der Waals surface area contributed by atoms with Crippen LogP contribution in [0, 0.1) is 0 Å². The van der Waals surface area contributed by atoms with E-state index in [4.69, 9.17) is 0 Å². The van der Waals surface area contributed by atoms with Crippen LogP contribution in [0.4, 0.5) is 5.13 Å². The van der Waals surface area contributed by atoms with E-state index in [1.54, 1.807) is 18.3 Å². The van der Waals surface area contributed by atoms with Gasteiger partial charge < -0.3 is 4.90 Å². The summed E-state index contributed by atoms with van der Waals surface area (Å²) in [5.74, 6) is 0.0419. The largest absolute Gasteiger partial charge is 0.346 e. The second-order valence-corrected chi connectivity index (χ2v) is 6.16. The van der Waals surface area contributed by atoms with Crippen LogP contribution in [0.3, 0.4) is 0 Å². The van der Waals surface area contributed by atoms with E-state index in [1.165, 1.54) is 5.56 Å². The first kappa shape index (κ1) is 17.1. The molecule has 1 saturated heterocycles. The molecular weight excluding hydrogens is 362 g/mol. The van der Waals surface area contributed by atoms with Gasteiger partial charge in [0.05, 0.1) is 0 Å². The summed E-state index contributed by atoms with van der Waals surface area (Å²) in [7, 11) is 0. The van der Waals surface area contributed by atoms with Crippen molar-refractivity contribution < 1.29 is 4.79 Å². The summed E-state index contributed by atoms with van der Waals surface area (Å²) >= 11 is 1.57. The van der Waals surface area contributed by atoms with Crippen molar-refractivity contribution in [3.05, 3.63) is 47.0 Å². The SMILES string of the molecule is Br.CC(=O)c1csc(N2CCN(Cc3ccccc3)CC2)n1. The third-order valence-electron chi connectivity index (χ3n) is 3.74. The van der Waals surface area contributed by atoms with Crippen LogP contribution in [0.25, 0.3) is 0 Å². The first-order chi connectivity index (χ1) is 10.2. The highest BCUT2D eigenvalue weighted by atomic mass is 79.9. The number of hydrogen-bond donors (Lipinski definition) is 0. The number of hydrogen-bond acceptors (Lipinski definition) is 5. The zero-order chi connectivity index (χ0) is 14.7. The van der Waals surface area contributed by atoms with E-state index in [2.05, 4.69) is 45.1 Å². The zero-order valence-corrected chi connectivity index (χ0v) is 15.1. The van der Waals surface area contributed by atoms with Crippen molar-refractivity contribution in [1.82, 2.24) is 9.88 Å². The molecule has 0 N–H and O–H groups in total. The lowest BCUT2D eigenvalue weighted by molar-refractivity contribution is 0.101. The fraction of sp³-hybridized carbons (Fsp3) is 0.375. The standard InChI is InChI=1S/C16H19N3OS.BrH/c1-13(20)15-12-21-16(17-15)19-9-7-18(8-10-19)11-14-5-3-2-4-6-14;/h2-6,12H,7-11H2,1H3;1H. The Morgan fingerprint density at radius 2 is 1.86 bits per heavy atom. The maximum Gasteiger partial charge on any atom is 0.186 e. The van der Waals surface area contributed by atoms with Gasteiger partial charge in [-0.3, -0.25) is 9.69 Å². The van der Waals surface area contributed by atoms with E-state index >= 15 is 0 Å². The van der Waals surface area contributed by atoms with Gasteiger partial charge in [0.25, 0.3) is 0 Å². The Bertz CT molecular complexity index is 609. The van der Waals surface area contributed by atoms with Gasteiger partial charge in [0.15, 0.2) is 10.9 Å². The third kappa shape index (κ3) is 4.15. The predicted octanol–water partition coefficient (Wildman–Crippen LogP) is 3.25. The second-order valence-electron chi connectivity index (χ2n) is 5.32. The number of piperazine rings is 1. The number of carbonyl (C=O) groups excluding carboxylic acids is 1. The molecule has 0 spiro atoms. The molecule has 0 radical (unpaired) electrons. The van der Waals surface area contributed by atoms with Crippen molar-refractivity contribution in [2.24, 2.45) is 0 Å². The summed E-state index contributed by atoms with van der Waals surface area (Å²) in [5.41, 5.74) is 1.95. The lowest BCUT2D eigenvalue weighted by Crippen LogP contribution is -2.45. The van der Waals surface area contributed by atoms with Crippen LogP contribution in [0.1, 0.15) is 23.0 Å². The molecule has 0 bridgehead atoms. The molecule has 1 aliphatic rings. The minimum absolute atomic E-state index is 0. The van der Waals surface area contributed by atoms with Crippen LogP contribution >= 0.6 is 28.3 Å². The maximum atomic E-state index is 11.3. The average molecular weight is 382 g/mol. The number of thiazole rings is 1. The van der Waals surface area contributed by atoms with E-state index in [-0.39, 0.29) is 22.8 Å². The van der Waals surface area contributed by atoms with Crippen LogP contribution in [0.2, 0.25) is 0 Å². The van der Waals surface area contributed by atoms with Gasteiger partial charge in [-0.1, -0.05) is 30.3 Å². The zero-order valence-electron chi connectivity index (χ0n) is 12.6. The molecule has 1 aliphatic heterocycles. The molecule has 0 amide bonds. The smallest absolute Gasteiger partial charge is 0.186 e. The number of carbonyl (C=O) groups is 1. The highest BCUT2D eigenvalue weighted by Gasteiger charge is 2.20. The van der Waals surface area contributed by atoms with Crippen molar-refractivity contribution in [1.29, 1.82) is 0 Å². The number of benzene rings is 1. The number of aromatic nitrogens is 1. The van der Waals surface area contributed by atoms with Gasteiger partial charge >= 0.3 is 0 Å². The van der Waals surface area contributed by atoms with E-state index < -0.39 is 0 Å². The Kier molecular flexibility index (Phi) is 6.11. The van der Waals surface area contributed by atoms with Crippen LogP contribution in [0.15, 0.2) is 35.7 Å². The number of rotatable bonds is 4. The first-order valence-electron chi connectivity index (χ1n) is 7.20. The molecule has 0 aliphatic carbocycles. The van der Waals surface area contributed by atoms with Crippen molar-refractivity contribution >= 4 is 39.2 Å². The topological polar surface area (TPSA) is 36.4 Å². The average Bonchev–Trinajstić information content (AvgIpc) is 2.99. The molecular formula is C16H20BrN3OS. The number of ketones is 1. The van der Waals surface area contributed by atoms with Gasteiger partial charge in [-0.15, -0.1) is 28.3 Å². The van der Waals surface area contributed by atoms with Crippen molar-refractivity contribution in [3.8, 4) is 0 Å². The molecule has 0 atom stereocenters. The Balaban J connectivity index is 0.00000176. The lowest BCUT2D eigenvalue weighted by atomic mass is 10.2. The van der Waals surface area contributed by atoms with Crippen LogP contribution in [-0.4, -0.2) is 41.8 Å². The molecule has 118 valence electrons. The minimum Gasteiger partial charge on any atom is -0.346 e. The number of nitrogens with zero attached hydrogens (tertiary/aromatic N) is 3. The van der Waals surface area contributed by atoms with Gasteiger partial charge in [-0.25, -0.2) is 4.98 Å². The van der Waals surface area contributed by atoms with Crippen LogP contribution < -0.4 is 4.90 Å². The van der Waals surface area contributed by atoms with Gasteiger partial charge in [0.2, 0.25) is 0 Å². The Hall–Kier alpha value is -1.24. The Morgan fingerprint density at radius 3 is 2.45 bits per heavy atom. The summed E-state index contributed by atoms with van der Waals surface area (Å²) in [5, 5.41) is 2.83. The molecule has 1 aromatic carbocycles. The van der Waals surface area contributed by atoms with E-state index in [0.29, 0.717) is 5.69 Å². The molecule has 6 heteroatoms. The molecule has 0 saturated carbocycles. The molecule has 4 nitrogen and oxygen atoms in total. The summed E-state index contributed by atoms with van der Waals surface area (Å²) in [4.78, 5) is 20.5. The van der Waals surface area contributed by atoms with Crippen molar-refractivity contribution in [2.75, 3.05) is 31.1 Å². The summed E-state index contributed by atoms with van der Waals surface area (Å²) < 4.78 is 0. The number of halogens is 1. The van der Waals surface area contributed by atoms with Gasteiger partial charge in [-0.2, -0.15) is 0 Å². The molecule has 2 heterocycles.